The zero-order chi connectivity index (χ0) is 18.5. The summed E-state index contributed by atoms with van der Waals surface area (Å²) in [6, 6.07) is 14.2. The fourth-order valence-electron chi connectivity index (χ4n) is 2.25. The van der Waals surface area contributed by atoms with Crippen LogP contribution in [0, 0.1) is 6.92 Å². The number of thiazole rings is 1. The molecule has 0 saturated heterocycles. The number of benzene rings is 2. The monoisotopic (exact) mass is 367 g/mol. The Morgan fingerprint density at radius 3 is 2.42 bits per heavy atom. The van der Waals surface area contributed by atoms with E-state index in [9.17, 15) is 9.59 Å². The van der Waals surface area contributed by atoms with Gasteiger partial charge in [-0.15, -0.1) is 11.3 Å². The number of anilines is 2. The second-order valence-electron chi connectivity index (χ2n) is 5.49. The molecule has 132 valence electrons. The van der Waals surface area contributed by atoms with E-state index in [0.29, 0.717) is 16.4 Å². The highest BCUT2D eigenvalue weighted by atomic mass is 32.1. The van der Waals surface area contributed by atoms with Crippen molar-refractivity contribution in [3.63, 3.8) is 0 Å². The summed E-state index contributed by atoms with van der Waals surface area (Å²) in [4.78, 5) is 28.7. The van der Waals surface area contributed by atoms with Gasteiger partial charge in [-0.2, -0.15) is 0 Å². The van der Waals surface area contributed by atoms with Crippen LogP contribution < -0.4 is 15.4 Å². The van der Waals surface area contributed by atoms with Gasteiger partial charge < -0.3 is 10.1 Å². The Hall–Kier alpha value is -3.19. The highest BCUT2D eigenvalue weighted by Crippen LogP contribution is 2.20. The van der Waals surface area contributed by atoms with Crippen LogP contribution in [-0.2, 0) is 0 Å². The van der Waals surface area contributed by atoms with Crippen LogP contribution in [0.4, 0.5) is 10.8 Å². The van der Waals surface area contributed by atoms with Crippen molar-refractivity contribution >= 4 is 34.0 Å². The lowest BCUT2D eigenvalue weighted by Crippen LogP contribution is -2.14. The number of nitrogens with one attached hydrogen (secondary N) is 2. The zero-order valence-electron chi connectivity index (χ0n) is 14.3. The molecule has 0 saturated carbocycles. The van der Waals surface area contributed by atoms with E-state index in [1.807, 2.05) is 31.2 Å². The maximum Gasteiger partial charge on any atom is 0.275 e. The Morgan fingerprint density at radius 1 is 1.00 bits per heavy atom. The number of carbonyl (C=O) groups is 2. The van der Waals surface area contributed by atoms with E-state index in [1.165, 1.54) is 11.3 Å². The molecule has 3 aromatic rings. The summed E-state index contributed by atoms with van der Waals surface area (Å²) in [5.74, 6) is 0.0549. The maximum absolute atomic E-state index is 12.3. The van der Waals surface area contributed by atoms with E-state index in [2.05, 4.69) is 15.6 Å². The van der Waals surface area contributed by atoms with Crippen LogP contribution in [0.3, 0.4) is 0 Å². The normalized spacial score (nSPS) is 10.2. The third-order valence-corrected chi connectivity index (χ3v) is 4.46. The molecular formula is C19H17N3O3S. The van der Waals surface area contributed by atoms with Gasteiger partial charge in [0.15, 0.2) is 5.13 Å². The molecule has 0 atom stereocenters. The fraction of sp³-hybridized carbons (Fsp3) is 0.105. The van der Waals surface area contributed by atoms with E-state index < -0.39 is 0 Å². The summed E-state index contributed by atoms with van der Waals surface area (Å²) >= 11 is 1.19. The predicted molar refractivity (Wildman–Crippen MR) is 102 cm³/mol. The Labute approximate surface area is 154 Å². The van der Waals surface area contributed by atoms with E-state index in [-0.39, 0.29) is 17.5 Å². The lowest BCUT2D eigenvalue weighted by Gasteiger charge is -2.06. The molecular weight excluding hydrogens is 350 g/mol. The van der Waals surface area contributed by atoms with E-state index in [1.54, 1.807) is 36.8 Å². The second kappa shape index (κ2) is 7.79. The first kappa shape index (κ1) is 17.6. The van der Waals surface area contributed by atoms with Crippen molar-refractivity contribution in [2.75, 3.05) is 17.7 Å². The molecule has 6 nitrogen and oxygen atoms in total. The number of aromatic nitrogens is 1. The van der Waals surface area contributed by atoms with Crippen molar-refractivity contribution in [1.82, 2.24) is 4.98 Å². The molecule has 2 amide bonds. The number of ether oxygens (including phenoxy) is 1. The first-order valence-corrected chi connectivity index (χ1v) is 8.72. The third-order valence-electron chi connectivity index (χ3n) is 3.70. The lowest BCUT2D eigenvalue weighted by atomic mass is 10.2. The maximum atomic E-state index is 12.3. The number of amides is 2. The standard InChI is InChI=1S/C19H17N3O3S/c1-12-5-3-4-6-15(12)20-18(24)16-11-26-19(21-16)22-17(23)13-7-9-14(25-2)10-8-13/h3-11H,1-2H3,(H,20,24)(H,21,22,23). The fourth-order valence-corrected chi connectivity index (χ4v) is 2.93. The summed E-state index contributed by atoms with van der Waals surface area (Å²) in [7, 11) is 1.56. The van der Waals surface area contributed by atoms with Gasteiger partial charge in [-0.25, -0.2) is 4.98 Å². The van der Waals surface area contributed by atoms with Gasteiger partial charge in [-0.05, 0) is 42.8 Å². The van der Waals surface area contributed by atoms with Crippen molar-refractivity contribution in [1.29, 1.82) is 0 Å². The Bertz CT molecular complexity index is 935. The molecule has 0 radical (unpaired) electrons. The smallest absolute Gasteiger partial charge is 0.275 e. The molecule has 0 aliphatic rings. The number of methoxy groups -OCH3 is 1. The van der Waals surface area contributed by atoms with Crippen LogP contribution in [0.2, 0.25) is 0 Å². The summed E-state index contributed by atoms with van der Waals surface area (Å²) in [6.07, 6.45) is 0. The summed E-state index contributed by atoms with van der Waals surface area (Å²) in [6.45, 7) is 1.91. The van der Waals surface area contributed by atoms with Crippen molar-refractivity contribution in [2.45, 2.75) is 6.92 Å². The molecule has 7 heteroatoms. The molecule has 0 fully saturated rings. The SMILES string of the molecule is COc1ccc(C(=O)Nc2nc(C(=O)Nc3ccccc3C)cs2)cc1. The molecule has 2 aromatic carbocycles. The van der Waals surface area contributed by atoms with Crippen molar-refractivity contribution in [3.8, 4) is 5.75 Å². The molecule has 2 N–H and O–H groups in total. The van der Waals surface area contributed by atoms with Crippen LogP contribution in [0.1, 0.15) is 26.4 Å². The highest BCUT2D eigenvalue weighted by Gasteiger charge is 2.14. The van der Waals surface area contributed by atoms with E-state index >= 15 is 0 Å². The van der Waals surface area contributed by atoms with Crippen molar-refractivity contribution in [3.05, 3.63) is 70.7 Å². The minimum absolute atomic E-state index is 0.253. The van der Waals surface area contributed by atoms with E-state index in [4.69, 9.17) is 4.74 Å². The van der Waals surface area contributed by atoms with Crippen LogP contribution >= 0.6 is 11.3 Å². The van der Waals surface area contributed by atoms with Crippen molar-refractivity contribution < 1.29 is 14.3 Å². The van der Waals surface area contributed by atoms with Gasteiger partial charge in [-0.3, -0.25) is 14.9 Å². The molecule has 0 spiro atoms. The highest BCUT2D eigenvalue weighted by molar-refractivity contribution is 7.14. The van der Waals surface area contributed by atoms with Gasteiger partial charge in [0.2, 0.25) is 0 Å². The number of nitrogens with zero attached hydrogens (tertiary/aromatic N) is 1. The molecule has 0 aliphatic heterocycles. The third kappa shape index (κ3) is 4.07. The van der Waals surface area contributed by atoms with Crippen LogP contribution in [0.5, 0.6) is 5.75 Å². The van der Waals surface area contributed by atoms with E-state index in [0.717, 1.165) is 11.3 Å². The topological polar surface area (TPSA) is 80.3 Å². The first-order valence-electron chi connectivity index (χ1n) is 7.85. The van der Waals surface area contributed by atoms with Gasteiger partial charge in [0.25, 0.3) is 11.8 Å². The average molecular weight is 367 g/mol. The number of aryl methyl sites for hydroxylation is 1. The van der Waals surface area contributed by atoms with Gasteiger partial charge in [0.1, 0.15) is 11.4 Å². The second-order valence-corrected chi connectivity index (χ2v) is 6.35. The van der Waals surface area contributed by atoms with Crippen LogP contribution in [-0.4, -0.2) is 23.9 Å². The minimum Gasteiger partial charge on any atom is -0.497 e. The minimum atomic E-state index is -0.319. The largest absolute Gasteiger partial charge is 0.497 e. The molecule has 0 aliphatic carbocycles. The number of hydrogen-bond donors (Lipinski definition) is 2. The average Bonchev–Trinajstić information content (AvgIpc) is 3.12. The number of para-hydroxylation sites is 1. The Morgan fingerprint density at radius 2 is 1.73 bits per heavy atom. The molecule has 0 bridgehead atoms. The number of rotatable bonds is 5. The van der Waals surface area contributed by atoms with Gasteiger partial charge in [0, 0.05) is 16.6 Å². The van der Waals surface area contributed by atoms with Gasteiger partial charge >= 0.3 is 0 Å². The Kier molecular flexibility index (Phi) is 5.28. The van der Waals surface area contributed by atoms with Crippen molar-refractivity contribution in [2.24, 2.45) is 0 Å². The summed E-state index contributed by atoms with van der Waals surface area (Å²) in [5.41, 5.74) is 2.42. The summed E-state index contributed by atoms with van der Waals surface area (Å²) < 4.78 is 5.07. The predicted octanol–water partition coefficient (Wildman–Crippen LogP) is 3.96. The van der Waals surface area contributed by atoms with Crippen LogP contribution in [0.25, 0.3) is 0 Å². The Balaban J connectivity index is 1.66. The van der Waals surface area contributed by atoms with Gasteiger partial charge in [0.05, 0.1) is 7.11 Å². The molecule has 1 heterocycles. The van der Waals surface area contributed by atoms with Gasteiger partial charge in [-0.1, -0.05) is 18.2 Å². The number of hydrogen-bond acceptors (Lipinski definition) is 5. The lowest BCUT2D eigenvalue weighted by molar-refractivity contribution is 0.101. The molecule has 3 rings (SSSR count). The summed E-state index contributed by atoms with van der Waals surface area (Å²) in [5, 5.41) is 7.48. The zero-order valence-corrected chi connectivity index (χ0v) is 15.1. The number of carbonyl (C=O) groups excluding carboxylic acids is 2. The molecule has 0 unspecified atom stereocenters. The first-order chi connectivity index (χ1) is 12.6. The molecule has 1 aromatic heterocycles. The quantitative estimate of drug-likeness (QED) is 0.715. The van der Waals surface area contributed by atoms with Crippen LogP contribution in [0.15, 0.2) is 53.9 Å². The molecule has 26 heavy (non-hydrogen) atoms.